The van der Waals surface area contributed by atoms with E-state index in [2.05, 4.69) is 22.6 Å². The maximum absolute atomic E-state index is 12.4. The van der Waals surface area contributed by atoms with Crippen molar-refractivity contribution in [2.24, 2.45) is 0 Å². The smallest absolute Gasteiger partial charge is 0.0973 e. The van der Waals surface area contributed by atoms with Crippen molar-refractivity contribution >= 4 is 22.0 Å². The Bertz CT molecular complexity index is 383. The molecule has 0 amide bonds. The molecule has 0 aliphatic heterocycles. The van der Waals surface area contributed by atoms with E-state index < -0.39 is 22.0 Å². The Morgan fingerprint density at radius 2 is 1.09 bits per heavy atom. The van der Waals surface area contributed by atoms with Crippen LogP contribution in [0.15, 0.2) is 25.3 Å². The molecular weight excluding hydrogens is 316 g/mol. The minimum absolute atomic E-state index is 0.123. The van der Waals surface area contributed by atoms with Crippen molar-refractivity contribution in [1.82, 2.24) is 9.44 Å². The minimum Gasteiger partial charge on any atom is -0.242 e. The fraction of sp³-hybridized carbons (Fsp3) is 0.750. The SMILES string of the molecule is C=CC[C@@H](N[S@](=O)C(C)(C)C)[C@@H](CC=C)N[S@](=O)C(C)(C)C. The number of hydrogen-bond donors (Lipinski definition) is 2. The number of nitrogens with one attached hydrogen (secondary N) is 2. The zero-order valence-corrected chi connectivity index (χ0v) is 16.4. The van der Waals surface area contributed by atoms with E-state index in [0.29, 0.717) is 12.8 Å². The van der Waals surface area contributed by atoms with E-state index >= 15 is 0 Å². The van der Waals surface area contributed by atoms with Crippen LogP contribution in [-0.2, 0) is 22.0 Å². The van der Waals surface area contributed by atoms with Crippen LogP contribution < -0.4 is 9.44 Å². The van der Waals surface area contributed by atoms with Crippen molar-refractivity contribution in [3.05, 3.63) is 25.3 Å². The second kappa shape index (κ2) is 9.11. The highest BCUT2D eigenvalue weighted by molar-refractivity contribution is 7.84. The molecular formula is C16H32N2O2S2. The summed E-state index contributed by atoms with van der Waals surface area (Å²) in [5.41, 5.74) is 0. The largest absolute Gasteiger partial charge is 0.242 e. The first-order valence-electron chi connectivity index (χ1n) is 7.51. The minimum atomic E-state index is -1.20. The molecule has 0 aliphatic rings. The molecule has 6 heteroatoms. The molecule has 4 atom stereocenters. The molecule has 4 nitrogen and oxygen atoms in total. The topological polar surface area (TPSA) is 58.2 Å². The maximum Gasteiger partial charge on any atom is 0.0973 e. The Hall–Kier alpha value is -0.300. The monoisotopic (exact) mass is 348 g/mol. The zero-order valence-electron chi connectivity index (χ0n) is 14.8. The van der Waals surface area contributed by atoms with Gasteiger partial charge in [0.05, 0.1) is 31.5 Å². The summed E-state index contributed by atoms with van der Waals surface area (Å²) in [4.78, 5) is 0. The lowest BCUT2D eigenvalue weighted by molar-refractivity contribution is 0.461. The molecule has 2 N–H and O–H groups in total. The highest BCUT2D eigenvalue weighted by Crippen LogP contribution is 2.16. The fourth-order valence-electron chi connectivity index (χ4n) is 1.58. The van der Waals surface area contributed by atoms with E-state index in [9.17, 15) is 8.42 Å². The van der Waals surface area contributed by atoms with E-state index in [-0.39, 0.29) is 21.6 Å². The van der Waals surface area contributed by atoms with Crippen LogP contribution >= 0.6 is 0 Å². The normalized spacial score (nSPS) is 18.3. The first-order chi connectivity index (χ1) is 9.93. The van der Waals surface area contributed by atoms with Crippen LogP contribution in [0.1, 0.15) is 54.4 Å². The Morgan fingerprint density at radius 1 is 0.818 bits per heavy atom. The van der Waals surface area contributed by atoms with Gasteiger partial charge in [0.2, 0.25) is 0 Å². The maximum atomic E-state index is 12.4. The van der Waals surface area contributed by atoms with Crippen LogP contribution in [0.2, 0.25) is 0 Å². The summed E-state index contributed by atoms with van der Waals surface area (Å²) in [6.45, 7) is 19.1. The molecule has 0 rings (SSSR count). The Morgan fingerprint density at radius 3 is 1.27 bits per heavy atom. The summed E-state index contributed by atoms with van der Waals surface area (Å²) in [6.07, 6.45) is 4.84. The van der Waals surface area contributed by atoms with Crippen LogP contribution in [0.4, 0.5) is 0 Å². The van der Waals surface area contributed by atoms with E-state index in [1.807, 2.05) is 41.5 Å². The third kappa shape index (κ3) is 7.81. The van der Waals surface area contributed by atoms with E-state index in [0.717, 1.165) is 0 Å². The fourth-order valence-corrected chi connectivity index (χ4v) is 3.35. The number of hydrogen-bond acceptors (Lipinski definition) is 2. The molecule has 22 heavy (non-hydrogen) atoms. The molecule has 0 saturated heterocycles. The average molecular weight is 349 g/mol. The summed E-state index contributed by atoms with van der Waals surface area (Å²) in [5, 5.41) is 0. The van der Waals surface area contributed by atoms with Crippen LogP contribution in [-0.4, -0.2) is 30.0 Å². The summed E-state index contributed by atoms with van der Waals surface area (Å²) in [6, 6.07) is -0.247. The van der Waals surface area contributed by atoms with Crippen molar-refractivity contribution in [2.45, 2.75) is 76.0 Å². The molecule has 0 aliphatic carbocycles. The van der Waals surface area contributed by atoms with Gasteiger partial charge in [-0.2, -0.15) is 0 Å². The van der Waals surface area contributed by atoms with Crippen LogP contribution in [0.5, 0.6) is 0 Å². The summed E-state index contributed by atoms with van der Waals surface area (Å²) < 4.78 is 30.3. The molecule has 0 saturated carbocycles. The summed E-state index contributed by atoms with van der Waals surface area (Å²) in [5.74, 6) is 0. The van der Waals surface area contributed by atoms with Gasteiger partial charge >= 0.3 is 0 Å². The summed E-state index contributed by atoms with van der Waals surface area (Å²) >= 11 is 0. The molecule has 0 unspecified atom stereocenters. The summed E-state index contributed by atoms with van der Waals surface area (Å²) in [7, 11) is -2.40. The quantitative estimate of drug-likeness (QED) is 0.629. The zero-order chi connectivity index (χ0) is 17.6. The second-order valence-corrected chi connectivity index (χ2v) is 11.3. The molecule has 0 aromatic carbocycles. The van der Waals surface area contributed by atoms with E-state index in [1.165, 1.54) is 0 Å². The van der Waals surface area contributed by atoms with Gasteiger partial charge in [-0.25, -0.2) is 17.9 Å². The molecule has 0 spiro atoms. The van der Waals surface area contributed by atoms with Crippen LogP contribution in [0.25, 0.3) is 0 Å². The lowest BCUT2D eigenvalue weighted by atomic mass is 10.0. The van der Waals surface area contributed by atoms with Crippen LogP contribution in [0.3, 0.4) is 0 Å². The Balaban J connectivity index is 5.18. The second-order valence-electron chi connectivity index (χ2n) is 7.26. The van der Waals surface area contributed by atoms with Crippen molar-refractivity contribution in [1.29, 1.82) is 0 Å². The Labute approximate surface area is 141 Å². The Kier molecular flexibility index (Phi) is 8.98. The van der Waals surface area contributed by atoms with Gasteiger partial charge in [-0.05, 0) is 54.4 Å². The van der Waals surface area contributed by atoms with Crippen molar-refractivity contribution in [2.75, 3.05) is 0 Å². The molecule has 0 bridgehead atoms. The lowest BCUT2D eigenvalue weighted by Crippen LogP contribution is -2.53. The lowest BCUT2D eigenvalue weighted by Gasteiger charge is -2.31. The van der Waals surface area contributed by atoms with E-state index in [1.54, 1.807) is 12.2 Å². The molecule has 0 radical (unpaired) electrons. The van der Waals surface area contributed by atoms with Crippen molar-refractivity contribution in [3.8, 4) is 0 Å². The van der Waals surface area contributed by atoms with Gasteiger partial charge < -0.3 is 0 Å². The van der Waals surface area contributed by atoms with Gasteiger partial charge in [0.25, 0.3) is 0 Å². The first-order valence-corrected chi connectivity index (χ1v) is 9.81. The van der Waals surface area contributed by atoms with Crippen LogP contribution in [0, 0.1) is 0 Å². The third-order valence-electron chi connectivity index (χ3n) is 2.96. The van der Waals surface area contributed by atoms with Gasteiger partial charge in [0, 0.05) is 12.1 Å². The number of rotatable bonds is 9. The standard InChI is InChI=1S/C16H32N2O2S2/c1-9-11-13(17-21(19)15(3,4)5)14(12-10-2)18-22(20)16(6,7)8/h9-10,13-14,17-18H,1-2,11-12H2,3-8H3/t13-,14-,21-,22-/m1/s1. The highest BCUT2D eigenvalue weighted by Gasteiger charge is 2.30. The van der Waals surface area contributed by atoms with Crippen molar-refractivity contribution in [3.63, 3.8) is 0 Å². The molecule has 130 valence electrons. The van der Waals surface area contributed by atoms with Gasteiger partial charge in [-0.3, -0.25) is 0 Å². The average Bonchev–Trinajstić information content (AvgIpc) is 2.35. The van der Waals surface area contributed by atoms with Gasteiger partial charge in [0.15, 0.2) is 0 Å². The van der Waals surface area contributed by atoms with Gasteiger partial charge in [0.1, 0.15) is 0 Å². The predicted molar refractivity (Wildman–Crippen MR) is 99.3 cm³/mol. The molecule has 0 aromatic rings. The first kappa shape index (κ1) is 21.7. The van der Waals surface area contributed by atoms with Gasteiger partial charge in [-0.15, -0.1) is 13.2 Å². The predicted octanol–water partition coefficient (Wildman–Crippen LogP) is 2.98. The molecule has 0 aromatic heterocycles. The molecule has 0 fully saturated rings. The van der Waals surface area contributed by atoms with Gasteiger partial charge in [-0.1, -0.05) is 12.2 Å². The van der Waals surface area contributed by atoms with E-state index in [4.69, 9.17) is 0 Å². The molecule has 0 heterocycles. The van der Waals surface area contributed by atoms with Crippen molar-refractivity contribution < 1.29 is 8.42 Å². The highest BCUT2D eigenvalue weighted by atomic mass is 32.2. The third-order valence-corrected chi connectivity index (χ3v) is 6.21.